The van der Waals surface area contributed by atoms with Gasteiger partial charge in [0.15, 0.2) is 17.8 Å². The standard InChI is InChI=1S/C23H34O14/c1-32-11-6-10(4-3-5-24)7-12(33-2)20(11)36-23-19(31)17(29)21(14(9-26)35-23)37-22-18(30)16(28)15(27)13(8-25)34-22/h3,5-7,13-19,21-31H,4,8-9H2,1-2H3/b5-3-/t13-,14-,15+,16+,17+,18-,19-,21+,22-,23-/m0/s1. The van der Waals surface area contributed by atoms with E-state index in [9.17, 15) is 35.7 Å². The van der Waals surface area contributed by atoms with Crippen LogP contribution < -0.4 is 14.2 Å². The van der Waals surface area contributed by atoms with Crippen molar-refractivity contribution >= 4 is 0 Å². The maximum Gasteiger partial charge on any atom is 0.229 e. The summed E-state index contributed by atoms with van der Waals surface area (Å²) in [4.78, 5) is 0. The van der Waals surface area contributed by atoms with Gasteiger partial charge in [-0.15, -0.1) is 0 Å². The summed E-state index contributed by atoms with van der Waals surface area (Å²) in [6.07, 6.45) is -13.1. The number of rotatable bonds is 10. The second-order valence-electron chi connectivity index (χ2n) is 8.54. The molecule has 3 rings (SSSR count). The molecular formula is C23H34O14. The molecule has 14 heteroatoms. The van der Waals surface area contributed by atoms with Gasteiger partial charge < -0.3 is 69.3 Å². The van der Waals surface area contributed by atoms with Gasteiger partial charge in [0, 0.05) is 0 Å². The Morgan fingerprint density at radius 2 is 1.35 bits per heavy atom. The van der Waals surface area contributed by atoms with Crippen LogP contribution in [0.5, 0.6) is 17.2 Å². The summed E-state index contributed by atoms with van der Waals surface area (Å²) in [5, 5.41) is 79.9. The zero-order valence-electron chi connectivity index (χ0n) is 20.2. The number of hydrogen-bond donors (Lipinski definition) is 8. The smallest absolute Gasteiger partial charge is 0.229 e. The predicted molar refractivity (Wildman–Crippen MR) is 122 cm³/mol. The maximum absolute atomic E-state index is 10.8. The van der Waals surface area contributed by atoms with Crippen LogP contribution in [-0.4, -0.2) is 130 Å². The molecule has 0 amide bonds. The van der Waals surface area contributed by atoms with Crippen molar-refractivity contribution < 1.29 is 69.3 Å². The average molecular weight is 535 g/mol. The summed E-state index contributed by atoms with van der Waals surface area (Å²) in [5.74, 6) is 0.431. The fourth-order valence-corrected chi connectivity index (χ4v) is 4.13. The number of benzene rings is 1. The van der Waals surface area contributed by atoms with Crippen molar-refractivity contribution in [1.29, 1.82) is 0 Å². The second kappa shape index (κ2) is 13.0. The Labute approximate surface area is 212 Å². The Hall–Kier alpha value is -2.24. The van der Waals surface area contributed by atoms with E-state index in [2.05, 4.69) is 0 Å². The number of ether oxygens (including phenoxy) is 6. The summed E-state index contributed by atoms with van der Waals surface area (Å²) in [7, 11) is 2.75. The zero-order chi connectivity index (χ0) is 27.3. The van der Waals surface area contributed by atoms with Crippen molar-refractivity contribution in [2.45, 2.75) is 67.8 Å². The molecule has 2 fully saturated rings. The van der Waals surface area contributed by atoms with E-state index in [1.54, 1.807) is 12.1 Å². The van der Waals surface area contributed by atoms with Gasteiger partial charge in [-0.25, -0.2) is 0 Å². The quantitative estimate of drug-likeness (QED) is 0.144. The Balaban J connectivity index is 1.80. The van der Waals surface area contributed by atoms with Crippen molar-refractivity contribution in [3.8, 4) is 17.2 Å². The van der Waals surface area contributed by atoms with Gasteiger partial charge in [-0.3, -0.25) is 0 Å². The molecule has 0 radical (unpaired) electrons. The molecule has 0 aromatic heterocycles. The summed E-state index contributed by atoms with van der Waals surface area (Å²) in [6.45, 7) is -1.42. The molecule has 1 aromatic carbocycles. The first-order valence-electron chi connectivity index (χ1n) is 11.5. The van der Waals surface area contributed by atoms with Crippen LogP contribution in [0.25, 0.3) is 0 Å². The molecule has 8 N–H and O–H groups in total. The predicted octanol–water partition coefficient (Wildman–Crippen LogP) is -2.68. The first-order chi connectivity index (χ1) is 17.7. The van der Waals surface area contributed by atoms with E-state index in [1.165, 1.54) is 20.3 Å². The van der Waals surface area contributed by atoms with Crippen LogP contribution >= 0.6 is 0 Å². The summed E-state index contributed by atoms with van der Waals surface area (Å²) >= 11 is 0. The number of allylic oxidation sites excluding steroid dienone is 1. The van der Waals surface area contributed by atoms with Gasteiger partial charge in [0.1, 0.15) is 48.8 Å². The third-order valence-electron chi connectivity index (χ3n) is 6.17. The molecule has 10 atom stereocenters. The van der Waals surface area contributed by atoms with E-state index in [1.807, 2.05) is 0 Å². The molecule has 2 aliphatic heterocycles. The third-order valence-corrected chi connectivity index (χ3v) is 6.17. The van der Waals surface area contributed by atoms with Gasteiger partial charge in [-0.1, -0.05) is 0 Å². The molecule has 0 saturated carbocycles. The Morgan fingerprint density at radius 3 is 1.89 bits per heavy atom. The van der Waals surface area contributed by atoms with E-state index in [-0.39, 0.29) is 17.2 Å². The van der Waals surface area contributed by atoms with Crippen LogP contribution in [0.2, 0.25) is 0 Å². The Bertz CT molecular complexity index is 867. The van der Waals surface area contributed by atoms with E-state index in [4.69, 9.17) is 33.5 Å². The lowest BCUT2D eigenvalue weighted by atomic mass is 9.97. The third kappa shape index (κ3) is 6.26. The van der Waals surface area contributed by atoms with Crippen molar-refractivity contribution in [1.82, 2.24) is 0 Å². The highest BCUT2D eigenvalue weighted by Crippen LogP contribution is 2.41. The lowest BCUT2D eigenvalue weighted by Gasteiger charge is -2.45. The van der Waals surface area contributed by atoms with Gasteiger partial charge in [0.25, 0.3) is 0 Å². The van der Waals surface area contributed by atoms with Crippen LogP contribution in [-0.2, 0) is 20.6 Å². The zero-order valence-corrected chi connectivity index (χ0v) is 20.2. The highest BCUT2D eigenvalue weighted by atomic mass is 16.7. The highest BCUT2D eigenvalue weighted by molar-refractivity contribution is 5.54. The van der Waals surface area contributed by atoms with Crippen LogP contribution in [0.4, 0.5) is 0 Å². The van der Waals surface area contributed by atoms with E-state index in [0.29, 0.717) is 12.0 Å². The van der Waals surface area contributed by atoms with Gasteiger partial charge in [-0.2, -0.15) is 0 Å². The van der Waals surface area contributed by atoms with Gasteiger partial charge >= 0.3 is 0 Å². The molecule has 14 nitrogen and oxygen atoms in total. The van der Waals surface area contributed by atoms with E-state index in [0.717, 1.165) is 6.26 Å². The summed E-state index contributed by atoms with van der Waals surface area (Å²) in [6, 6.07) is 3.22. The Morgan fingerprint density at radius 1 is 0.784 bits per heavy atom. The van der Waals surface area contributed by atoms with Gasteiger partial charge in [-0.05, 0) is 30.2 Å². The van der Waals surface area contributed by atoms with Crippen molar-refractivity contribution in [3.05, 3.63) is 30.0 Å². The molecule has 2 saturated heterocycles. The summed E-state index contributed by atoms with van der Waals surface area (Å²) < 4.78 is 33.0. The Kier molecular flexibility index (Phi) is 10.3. The van der Waals surface area contributed by atoms with Crippen molar-refractivity contribution in [2.75, 3.05) is 27.4 Å². The maximum atomic E-state index is 10.8. The molecule has 2 aliphatic rings. The summed E-state index contributed by atoms with van der Waals surface area (Å²) in [5.41, 5.74) is 0.706. The number of aliphatic hydroxyl groups excluding tert-OH is 8. The number of methoxy groups -OCH3 is 2. The molecule has 210 valence electrons. The fraction of sp³-hybridized carbons (Fsp3) is 0.652. The molecule has 0 spiro atoms. The molecule has 0 unspecified atom stereocenters. The van der Waals surface area contributed by atoms with Crippen LogP contribution in [0, 0.1) is 0 Å². The first kappa shape index (κ1) is 29.3. The fourth-order valence-electron chi connectivity index (χ4n) is 4.13. The number of hydrogen-bond acceptors (Lipinski definition) is 14. The van der Waals surface area contributed by atoms with Crippen molar-refractivity contribution in [3.63, 3.8) is 0 Å². The normalized spacial score (nSPS) is 36.5. The van der Waals surface area contributed by atoms with Crippen LogP contribution in [0.3, 0.4) is 0 Å². The SMILES string of the molecule is COc1cc(C/C=C\O)cc(OC)c1O[C@@H]1O[C@@H](CO)[C@@H](O[C@@H]2O[C@@H](CO)[C@@H](O)[C@@H](O)[C@@H]2O)[C@H](O)[C@@H]1O. The second-order valence-corrected chi connectivity index (χ2v) is 8.54. The monoisotopic (exact) mass is 534 g/mol. The van der Waals surface area contributed by atoms with Crippen LogP contribution in [0.1, 0.15) is 5.56 Å². The minimum absolute atomic E-state index is 0.0305. The van der Waals surface area contributed by atoms with Gasteiger partial charge in [0.2, 0.25) is 12.0 Å². The highest BCUT2D eigenvalue weighted by Gasteiger charge is 2.51. The average Bonchev–Trinajstić information content (AvgIpc) is 2.91. The first-order valence-corrected chi connectivity index (χ1v) is 11.5. The lowest BCUT2D eigenvalue weighted by molar-refractivity contribution is -0.352. The van der Waals surface area contributed by atoms with E-state index < -0.39 is 74.6 Å². The van der Waals surface area contributed by atoms with Crippen molar-refractivity contribution in [2.24, 2.45) is 0 Å². The lowest BCUT2D eigenvalue weighted by Crippen LogP contribution is -2.65. The topological polar surface area (TPSA) is 217 Å². The molecule has 2 heterocycles. The molecular weight excluding hydrogens is 500 g/mol. The van der Waals surface area contributed by atoms with Crippen LogP contribution in [0.15, 0.2) is 24.5 Å². The largest absolute Gasteiger partial charge is 0.516 e. The van der Waals surface area contributed by atoms with Gasteiger partial charge in [0.05, 0.1) is 33.7 Å². The van der Waals surface area contributed by atoms with E-state index >= 15 is 0 Å². The molecule has 0 bridgehead atoms. The molecule has 0 aliphatic carbocycles. The minimum atomic E-state index is -1.77. The minimum Gasteiger partial charge on any atom is -0.516 e. The number of aliphatic hydroxyl groups is 8. The molecule has 37 heavy (non-hydrogen) atoms. The molecule has 1 aromatic rings.